The van der Waals surface area contributed by atoms with Crippen LogP contribution in [-0.2, 0) is 14.9 Å². The standard InChI is InChI=1S/C26H32O4/c1-3-27-18-20-29-24-12-8-22(9-13-24)26(16-6-5-7-17-26)23-10-14-25(15-11-23)30-21-19-28-4-2/h3-4,8-15H,1-2,5-7,16-21H2. The number of rotatable bonds is 12. The van der Waals surface area contributed by atoms with Gasteiger partial charge in [0, 0.05) is 5.41 Å². The van der Waals surface area contributed by atoms with Crippen molar-refractivity contribution in [2.24, 2.45) is 0 Å². The Morgan fingerprint density at radius 2 is 1.07 bits per heavy atom. The minimum Gasteiger partial charge on any atom is -0.498 e. The van der Waals surface area contributed by atoms with Gasteiger partial charge in [0.25, 0.3) is 0 Å². The molecule has 4 nitrogen and oxygen atoms in total. The van der Waals surface area contributed by atoms with E-state index in [2.05, 4.69) is 61.7 Å². The molecule has 0 aliphatic heterocycles. The second kappa shape index (κ2) is 11.3. The van der Waals surface area contributed by atoms with Gasteiger partial charge < -0.3 is 18.9 Å². The Bertz CT molecular complexity index is 712. The maximum Gasteiger partial charge on any atom is 0.122 e. The highest BCUT2D eigenvalue weighted by Crippen LogP contribution is 2.45. The zero-order valence-electron chi connectivity index (χ0n) is 17.7. The third-order valence-electron chi connectivity index (χ3n) is 5.70. The van der Waals surface area contributed by atoms with Gasteiger partial charge in [-0.25, -0.2) is 0 Å². The third-order valence-corrected chi connectivity index (χ3v) is 5.70. The second-order valence-corrected chi connectivity index (χ2v) is 7.46. The van der Waals surface area contributed by atoms with Crippen molar-refractivity contribution in [3.05, 3.63) is 85.3 Å². The zero-order valence-corrected chi connectivity index (χ0v) is 17.7. The van der Waals surface area contributed by atoms with E-state index < -0.39 is 0 Å². The molecule has 0 heterocycles. The van der Waals surface area contributed by atoms with Crippen LogP contribution in [0.2, 0.25) is 0 Å². The van der Waals surface area contributed by atoms with Gasteiger partial charge in [-0.2, -0.15) is 0 Å². The molecule has 0 saturated heterocycles. The van der Waals surface area contributed by atoms with Gasteiger partial charge in [-0.05, 0) is 48.2 Å². The summed E-state index contributed by atoms with van der Waals surface area (Å²) >= 11 is 0. The van der Waals surface area contributed by atoms with Crippen LogP contribution in [0.25, 0.3) is 0 Å². The molecular formula is C26H32O4. The molecule has 0 bridgehead atoms. The largest absolute Gasteiger partial charge is 0.498 e. The average Bonchev–Trinajstić information content (AvgIpc) is 2.81. The van der Waals surface area contributed by atoms with Crippen LogP contribution in [0.4, 0.5) is 0 Å². The van der Waals surface area contributed by atoms with Gasteiger partial charge in [-0.3, -0.25) is 0 Å². The molecule has 0 spiro atoms. The zero-order chi connectivity index (χ0) is 21.1. The summed E-state index contributed by atoms with van der Waals surface area (Å²) < 4.78 is 21.7. The first-order valence-corrected chi connectivity index (χ1v) is 10.7. The Kier molecular flexibility index (Phi) is 8.25. The van der Waals surface area contributed by atoms with Gasteiger partial charge in [0.15, 0.2) is 0 Å². The molecule has 1 fully saturated rings. The van der Waals surface area contributed by atoms with Crippen molar-refractivity contribution >= 4 is 0 Å². The van der Waals surface area contributed by atoms with Gasteiger partial charge in [-0.15, -0.1) is 0 Å². The number of ether oxygens (including phenoxy) is 4. The fraction of sp³-hybridized carbons (Fsp3) is 0.385. The summed E-state index contributed by atoms with van der Waals surface area (Å²) in [6.07, 6.45) is 8.98. The summed E-state index contributed by atoms with van der Waals surface area (Å²) in [7, 11) is 0. The molecule has 0 unspecified atom stereocenters. The average molecular weight is 409 g/mol. The van der Waals surface area contributed by atoms with Crippen molar-refractivity contribution in [1.82, 2.24) is 0 Å². The van der Waals surface area contributed by atoms with Gasteiger partial charge >= 0.3 is 0 Å². The van der Waals surface area contributed by atoms with E-state index in [1.54, 1.807) is 0 Å². The van der Waals surface area contributed by atoms with Gasteiger partial charge in [0.2, 0.25) is 0 Å². The second-order valence-electron chi connectivity index (χ2n) is 7.46. The van der Waals surface area contributed by atoms with Crippen LogP contribution >= 0.6 is 0 Å². The van der Waals surface area contributed by atoms with Crippen LogP contribution in [0.15, 0.2) is 74.2 Å². The van der Waals surface area contributed by atoms with Crippen molar-refractivity contribution in [2.45, 2.75) is 37.5 Å². The Morgan fingerprint density at radius 1 is 0.633 bits per heavy atom. The molecule has 4 heteroatoms. The van der Waals surface area contributed by atoms with Crippen molar-refractivity contribution in [3.63, 3.8) is 0 Å². The predicted molar refractivity (Wildman–Crippen MR) is 120 cm³/mol. The first-order valence-electron chi connectivity index (χ1n) is 10.7. The molecule has 160 valence electrons. The minimum atomic E-state index is 0.0488. The van der Waals surface area contributed by atoms with E-state index in [0.717, 1.165) is 24.3 Å². The van der Waals surface area contributed by atoms with Crippen molar-refractivity contribution in [1.29, 1.82) is 0 Å². The molecule has 0 atom stereocenters. The van der Waals surface area contributed by atoms with E-state index in [1.165, 1.54) is 42.9 Å². The van der Waals surface area contributed by atoms with Crippen LogP contribution in [0, 0.1) is 0 Å². The summed E-state index contributed by atoms with van der Waals surface area (Å²) in [6.45, 7) is 9.10. The summed E-state index contributed by atoms with van der Waals surface area (Å²) in [4.78, 5) is 0. The van der Waals surface area contributed by atoms with E-state index in [1.807, 2.05) is 0 Å². The number of hydrogen-bond donors (Lipinski definition) is 0. The molecule has 2 aromatic carbocycles. The highest BCUT2D eigenvalue weighted by Gasteiger charge is 2.35. The molecule has 1 aliphatic carbocycles. The van der Waals surface area contributed by atoms with E-state index in [9.17, 15) is 0 Å². The molecule has 0 N–H and O–H groups in total. The molecule has 3 rings (SSSR count). The van der Waals surface area contributed by atoms with Crippen LogP contribution in [-0.4, -0.2) is 26.4 Å². The maximum atomic E-state index is 5.75. The number of hydrogen-bond acceptors (Lipinski definition) is 4. The van der Waals surface area contributed by atoms with E-state index >= 15 is 0 Å². The van der Waals surface area contributed by atoms with Crippen LogP contribution in [0.1, 0.15) is 43.2 Å². The monoisotopic (exact) mass is 408 g/mol. The Hall–Kier alpha value is -2.88. The first kappa shape index (κ1) is 21.8. The lowest BCUT2D eigenvalue weighted by atomic mass is 9.65. The molecule has 2 aromatic rings. The fourth-order valence-corrected chi connectivity index (χ4v) is 4.22. The van der Waals surface area contributed by atoms with Crippen LogP contribution in [0.3, 0.4) is 0 Å². The highest BCUT2D eigenvalue weighted by molar-refractivity contribution is 5.43. The molecular weight excluding hydrogens is 376 g/mol. The summed E-state index contributed by atoms with van der Waals surface area (Å²) in [5.74, 6) is 1.73. The topological polar surface area (TPSA) is 36.9 Å². The van der Waals surface area contributed by atoms with Crippen molar-refractivity contribution < 1.29 is 18.9 Å². The highest BCUT2D eigenvalue weighted by atomic mass is 16.5. The van der Waals surface area contributed by atoms with E-state index in [-0.39, 0.29) is 5.41 Å². The lowest BCUT2D eigenvalue weighted by molar-refractivity contribution is 0.179. The smallest absolute Gasteiger partial charge is 0.122 e. The lowest BCUT2D eigenvalue weighted by Gasteiger charge is -2.38. The molecule has 0 aromatic heterocycles. The van der Waals surface area contributed by atoms with E-state index in [4.69, 9.17) is 18.9 Å². The van der Waals surface area contributed by atoms with Gasteiger partial charge in [0.05, 0.1) is 12.5 Å². The van der Waals surface area contributed by atoms with Crippen LogP contribution < -0.4 is 9.47 Å². The van der Waals surface area contributed by atoms with Crippen LogP contribution in [0.5, 0.6) is 11.5 Å². The molecule has 1 saturated carbocycles. The lowest BCUT2D eigenvalue weighted by Crippen LogP contribution is -2.30. The maximum absolute atomic E-state index is 5.75. The fourth-order valence-electron chi connectivity index (χ4n) is 4.22. The summed E-state index contributed by atoms with van der Waals surface area (Å²) in [5.41, 5.74) is 2.75. The molecule has 0 amide bonds. The van der Waals surface area contributed by atoms with Crippen molar-refractivity contribution in [3.8, 4) is 11.5 Å². The van der Waals surface area contributed by atoms with Gasteiger partial charge in [-0.1, -0.05) is 56.7 Å². The molecule has 30 heavy (non-hydrogen) atoms. The Labute approximate surface area is 180 Å². The number of benzene rings is 2. The molecule has 1 aliphatic rings. The van der Waals surface area contributed by atoms with Crippen molar-refractivity contribution in [2.75, 3.05) is 26.4 Å². The quantitative estimate of drug-likeness (QED) is 0.318. The normalized spacial score (nSPS) is 15.1. The predicted octanol–water partition coefficient (Wildman–Crippen LogP) is 6.01. The minimum absolute atomic E-state index is 0.0488. The summed E-state index contributed by atoms with van der Waals surface area (Å²) in [5, 5.41) is 0. The SMILES string of the molecule is C=COCCOc1ccc(C2(c3ccc(OCCOC=C)cc3)CCCCC2)cc1. The Balaban J connectivity index is 1.72. The molecule has 0 radical (unpaired) electrons. The van der Waals surface area contributed by atoms with E-state index in [0.29, 0.717) is 26.4 Å². The third kappa shape index (κ3) is 5.59. The first-order chi connectivity index (χ1) is 14.8. The Morgan fingerprint density at radius 3 is 1.47 bits per heavy atom. The summed E-state index contributed by atoms with van der Waals surface area (Å²) in [6, 6.07) is 17.1. The van der Waals surface area contributed by atoms with Gasteiger partial charge in [0.1, 0.15) is 37.9 Å².